The Morgan fingerprint density at radius 3 is 2.54 bits per heavy atom. The molecule has 0 saturated heterocycles. The zero-order valence-electron chi connectivity index (χ0n) is 16.2. The van der Waals surface area contributed by atoms with Gasteiger partial charge in [-0.05, 0) is 49.2 Å². The predicted octanol–water partition coefficient (Wildman–Crippen LogP) is 3.70. The zero-order chi connectivity index (χ0) is 19.7. The Balaban J connectivity index is 1.86. The molecule has 1 heterocycles. The van der Waals surface area contributed by atoms with E-state index in [-0.39, 0.29) is 11.7 Å². The van der Waals surface area contributed by atoms with Crippen LogP contribution in [-0.4, -0.2) is 30.7 Å². The Morgan fingerprint density at radius 1 is 1.14 bits per heavy atom. The van der Waals surface area contributed by atoms with E-state index in [1.165, 1.54) is 12.1 Å². The molecule has 0 radical (unpaired) electrons. The minimum atomic E-state index is -0.784. The van der Waals surface area contributed by atoms with Gasteiger partial charge in [0, 0.05) is 12.2 Å². The van der Waals surface area contributed by atoms with E-state index >= 15 is 0 Å². The van der Waals surface area contributed by atoms with E-state index in [9.17, 15) is 14.3 Å². The summed E-state index contributed by atoms with van der Waals surface area (Å²) >= 11 is 0. The zero-order valence-corrected chi connectivity index (χ0v) is 16.2. The number of carbonyl (C=O) groups is 1. The minimum Gasteiger partial charge on any atom is -0.389 e. The average Bonchev–Trinajstić information content (AvgIpc) is 2.93. The number of hydrogen-bond donors (Lipinski definition) is 2. The number of rotatable bonds is 5. The number of nitrogens with one attached hydrogen (secondary N) is 1. The molecule has 1 aliphatic heterocycles. The summed E-state index contributed by atoms with van der Waals surface area (Å²) in [6.45, 7) is 0.354. The van der Waals surface area contributed by atoms with E-state index in [1.54, 1.807) is 18.0 Å². The first-order valence-electron chi connectivity index (χ1n) is 10.1. The van der Waals surface area contributed by atoms with Crippen LogP contribution in [0.15, 0.2) is 48.5 Å². The smallest absolute Gasteiger partial charge is 0.238 e. The van der Waals surface area contributed by atoms with Gasteiger partial charge in [0.1, 0.15) is 5.82 Å². The lowest BCUT2D eigenvalue weighted by atomic mass is 9.70. The van der Waals surface area contributed by atoms with Gasteiger partial charge < -0.3 is 15.3 Å². The molecule has 1 fully saturated rings. The second-order valence-corrected chi connectivity index (χ2v) is 7.96. The Morgan fingerprint density at radius 2 is 1.86 bits per heavy atom. The number of anilines is 1. The van der Waals surface area contributed by atoms with E-state index in [1.807, 2.05) is 30.3 Å². The Bertz CT molecular complexity index is 849. The molecule has 4 rings (SSSR count). The van der Waals surface area contributed by atoms with Gasteiger partial charge >= 0.3 is 0 Å². The highest BCUT2D eigenvalue weighted by Gasteiger charge is 2.53. The van der Waals surface area contributed by atoms with Gasteiger partial charge in [0.25, 0.3) is 0 Å². The number of aliphatic hydroxyl groups is 1. The van der Waals surface area contributed by atoms with E-state index in [2.05, 4.69) is 5.32 Å². The summed E-state index contributed by atoms with van der Waals surface area (Å²) in [5.74, 6) is -0.317. The highest BCUT2D eigenvalue weighted by Crippen LogP contribution is 2.52. The standard InChI is InChI=1S/C23H27FN2O2/c1-25-15-20(27)21(16-8-4-2-5-9-16)26-19-11-10-17(24)14-18(19)23(22(26)28)12-6-3-7-13-23/h2,4-5,8-11,14,20-21,25,27H,3,6-7,12-13,15H2,1H3/t20-,21+/m1/s1. The van der Waals surface area contributed by atoms with Gasteiger partial charge in [0.05, 0.1) is 17.6 Å². The predicted molar refractivity (Wildman–Crippen MR) is 108 cm³/mol. The molecule has 2 N–H and O–H groups in total. The van der Waals surface area contributed by atoms with Crippen LogP contribution in [0.25, 0.3) is 0 Å². The molecule has 1 aliphatic carbocycles. The highest BCUT2D eigenvalue weighted by atomic mass is 19.1. The molecule has 28 heavy (non-hydrogen) atoms. The second-order valence-electron chi connectivity index (χ2n) is 7.96. The van der Waals surface area contributed by atoms with Crippen molar-refractivity contribution < 1.29 is 14.3 Å². The Kier molecular flexibility index (Phi) is 5.21. The fraction of sp³-hybridized carbons (Fsp3) is 0.435. The molecule has 2 aromatic carbocycles. The first kappa shape index (κ1) is 19.1. The van der Waals surface area contributed by atoms with Gasteiger partial charge in [-0.1, -0.05) is 49.6 Å². The van der Waals surface area contributed by atoms with Crippen molar-refractivity contribution in [3.63, 3.8) is 0 Å². The van der Waals surface area contributed by atoms with Crippen LogP contribution >= 0.6 is 0 Å². The number of fused-ring (bicyclic) bond motifs is 2. The fourth-order valence-corrected chi connectivity index (χ4v) is 4.99. The molecule has 2 aliphatic rings. The molecule has 1 spiro atoms. The number of carbonyl (C=O) groups excluding carboxylic acids is 1. The van der Waals surface area contributed by atoms with Gasteiger partial charge in [-0.25, -0.2) is 4.39 Å². The third kappa shape index (κ3) is 3.03. The third-order valence-corrected chi connectivity index (χ3v) is 6.27. The summed E-state index contributed by atoms with van der Waals surface area (Å²) in [4.78, 5) is 15.6. The molecule has 2 atom stereocenters. The lowest BCUT2D eigenvalue weighted by Gasteiger charge is -2.36. The number of nitrogens with zero attached hydrogens (tertiary/aromatic N) is 1. The van der Waals surface area contributed by atoms with Crippen molar-refractivity contribution in [1.82, 2.24) is 5.32 Å². The van der Waals surface area contributed by atoms with Crippen molar-refractivity contribution in [2.24, 2.45) is 0 Å². The molecule has 0 bridgehead atoms. The van der Waals surface area contributed by atoms with Crippen LogP contribution in [0.3, 0.4) is 0 Å². The van der Waals surface area contributed by atoms with Crippen LogP contribution < -0.4 is 10.2 Å². The lowest BCUT2D eigenvalue weighted by Crippen LogP contribution is -2.47. The summed E-state index contributed by atoms with van der Waals surface area (Å²) in [5.41, 5.74) is 1.73. The van der Waals surface area contributed by atoms with Gasteiger partial charge in [-0.3, -0.25) is 4.79 Å². The number of amides is 1. The highest BCUT2D eigenvalue weighted by molar-refractivity contribution is 6.08. The normalized spacial score (nSPS) is 20.2. The fourth-order valence-electron chi connectivity index (χ4n) is 4.99. The minimum absolute atomic E-state index is 0.00296. The number of benzene rings is 2. The van der Waals surface area contributed by atoms with E-state index < -0.39 is 17.6 Å². The molecular weight excluding hydrogens is 355 g/mol. The number of hydrogen-bond acceptors (Lipinski definition) is 3. The molecule has 4 nitrogen and oxygen atoms in total. The van der Waals surface area contributed by atoms with Gasteiger partial charge in [-0.2, -0.15) is 0 Å². The lowest BCUT2D eigenvalue weighted by molar-refractivity contribution is -0.125. The van der Waals surface area contributed by atoms with Crippen molar-refractivity contribution in [3.05, 3.63) is 65.5 Å². The monoisotopic (exact) mass is 382 g/mol. The molecule has 1 amide bonds. The molecule has 0 aromatic heterocycles. The molecule has 0 unspecified atom stereocenters. The van der Waals surface area contributed by atoms with Crippen LogP contribution in [0.5, 0.6) is 0 Å². The first-order valence-corrected chi connectivity index (χ1v) is 10.1. The number of likely N-dealkylation sites (N-methyl/N-ethyl adjacent to an activating group) is 1. The molecule has 5 heteroatoms. The Hall–Kier alpha value is -2.24. The maximum absolute atomic E-state index is 14.2. The molecule has 148 valence electrons. The SMILES string of the molecule is CNC[C@@H](O)[C@H](c1ccccc1)N1C(=O)C2(CCCCC2)c2cc(F)ccc21. The van der Waals surface area contributed by atoms with E-state index in [0.717, 1.165) is 48.9 Å². The molecular formula is C23H27FN2O2. The summed E-state index contributed by atoms with van der Waals surface area (Å²) in [5, 5.41) is 14.0. The van der Waals surface area contributed by atoms with Gasteiger partial charge in [0.15, 0.2) is 0 Å². The van der Waals surface area contributed by atoms with Gasteiger partial charge in [0.2, 0.25) is 5.91 Å². The maximum atomic E-state index is 14.2. The van der Waals surface area contributed by atoms with Crippen molar-refractivity contribution in [3.8, 4) is 0 Å². The first-order chi connectivity index (χ1) is 13.6. The Labute approximate surface area is 165 Å². The largest absolute Gasteiger partial charge is 0.389 e. The second kappa shape index (κ2) is 7.64. The summed E-state index contributed by atoms with van der Waals surface area (Å²) in [6, 6.07) is 13.7. The maximum Gasteiger partial charge on any atom is 0.238 e. The van der Waals surface area contributed by atoms with Crippen molar-refractivity contribution in [1.29, 1.82) is 0 Å². The van der Waals surface area contributed by atoms with Crippen LogP contribution in [0.4, 0.5) is 10.1 Å². The molecule has 2 aromatic rings. The average molecular weight is 382 g/mol. The van der Waals surface area contributed by atoms with Crippen molar-refractivity contribution in [2.75, 3.05) is 18.5 Å². The summed E-state index contributed by atoms with van der Waals surface area (Å²) in [7, 11) is 1.78. The van der Waals surface area contributed by atoms with Crippen LogP contribution in [-0.2, 0) is 10.2 Å². The summed E-state index contributed by atoms with van der Waals surface area (Å²) in [6.07, 6.45) is 3.72. The van der Waals surface area contributed by atoms with Gasteiger partial charge in [-0.15, -0.1) is 0 Å². The number of halogens is 1. The third-order valence-electron chi connectivity index (χ3n) is 6.27. The topological polar surface area (TPSA) is 52.6 Å². The quantitative estimate of drug-likeness (QED) is 0.829. The van der Waals surface area contributed by atoms with Crippen LogP contribution in [0, 0.1) is 5.82 Å². The van der Waals surface area contributed by atoms with E-state index in [4.69, 9.17) is 0 Å². The van der Waals surface area contributed by atoms with Crippen molar-refractivity contribution >= 4 is 11.6 Å². The number of aliphatic hydroxyl groups excluding tert-OH is 1. The summed E-state index contributed by atoms with van der Waals surface area (Å²) < 4.78 is 14.2. The van der Waals surface area contributed by atoms with E-state index in [0.29, 0.717) is 6.54 Å². The van der Waals surface area contributed by atoms with Crippen LogP contribution in [0.1, 0.15) is 49.3 Å². The van der Waals surface area contributed by atoms with Crippen LogP contribution in [0.2, 0.25) is 0 Å². The van der Waals surface area contributed by atoms with Crippen molar-refractivity contribution in [2.45, 2.75) is 49.7 Å². The molecule has 1 saturated carbocycles.